The van der Waals surface area contributed by atoms with Crippen LogP contribution in [0.25, 0.3) is 11.4 Å². The summed E-state index contributed by atoms with van der Waals surface area (Å²) in [7, 11) is 0. The molecule has 1 aromatic carbocycles. The second-order valence-corrected chi connectivity index (χ2v) is 6.26. The SMILES string of the molecule is Cc1nc(-c2ccc(Br)cc2)nc(NCCc2cccnc2)c1F. The van der Waals surface area contributed by atoms with Crippen molar-refractivity contribution in [1.29, 1.82) is 0 Å². The number of anilines is 1. The summed E-state index contributed by atoms with van der Waals surface area (Å²) < 4.78 is 15.3. The number of nitrogens with zero attached hydrogens (tertiary/aromatic N) is 3. The van der Waals surface area contributed by atoms with Crippen LogP contribution in [0.2, 0.25) is 0 Å². The summed E-state index contributed by atoms with van der Waals surface area (Å²) in [4.78, 5) is 12.7. The van der Waals surface area contributed by atoms with Crippen molar-refractivity contribution in [3.05, 3.63) is 70.3 Å². The lowest BCUT2D eigenvalue weighted by Gasteiger charge is -2.10. The van der Waals surface area contributed by atoms with Crippen LogP contribution in [0.3, 0.4) is 0 Å². The summed E-state index contributed by atoms with van der Waals surface area (Å²) in [5, 5.41) is 3.06. The minimum atomic E-state index is -0.415. The Bertz CT molecular complexity index is 822. The summed E-state index contributed by atoms with van der Waals surface area (Å²) >= 11 is 3.40. The van der Waals surface area contributed by atoms with Crippen molar-refractivity contribution in [3.63, 3.8) is 0 Å². The molecule has 1 N–H and O–H groups in total. The van der Waals surface area contributed by atoms with E-state index >= 15 is 0 Å². The van der Waals surface area contributed by atoms with Crippen LogP contribution in [0.4, 0.5) is 10.2 Å². The molecule has 0 aliphatic rings. The fourth-order valence-electron chi connectivity index (χ4n) is 2.28. The van der Waals surface area contributed by atoms with E-state index in [2.05, 4.69) is 36.2 Å². The monoisotopic (exact) mass is 386 g/mol. The Hall–Kier alpha value is -2.34. The topological polar surface area (TPSA) is 50.7 Å². The molecule has 2 heterocycles. The third-order valence-corrected chi connectivity index (χ3v) is 4.08. The highest BCUT2D eigenvalue weighted by atomic mass is 79.9. The van der Waals surface area contributed by atoms with Crippen LogP contribution in [0.1, 0.15) is 11.3 Å². The number of benzene rings is 1. The minimum Gasteiger partial charge on any atom is -0.367 e. The van der Waals surface area contributed by atoms with Crippen molar-refractivity contribution in [2.45, 2.75) is 13.3 Å². The van der Waals surface area contributed by atoms with Crippen molar-refractivity contribution in [3.8, 4) is 11.4 Å². The second kappa shape index (κ2) is 7.49. The largest absolute Gasteiger partial charge is 0.367 e. The van der Waals surface area contributed by atoms with Gasteiger partial charge >= 0.3 is 0 Å². The summed E-state index contributed by atoms with van der Waals surface area (Å²) in [5.74, 6) is 0.316. The van der Waals surface area contributed by atoms with Gasteiger partial charge in [0.2, 0.25) is 0 Å². The molecule has 2 aromatic heterocycles. The summed E-state index contributed by atoms with van der Waals surface area (Å²) in [6.45, 7) is 2.21. The van der Waals surface area contributed by atoms with Crippen molar-refractivity contribution in [2.75, 3.05) is 11.9 Å². The zero-order valence-electron chi connectivity index (χ0n) is 13.1. The van der Waals surface area contributed by atoms with Crippen LogP contribution < -0.4 is 5.32 Å². The maximum Gasteiger partial charge on any atom is 0.186 e. The maximum absolute atomic E-state index is 14.3. The third kappa shape index (κ3) is 3.94. The van der Waals surface area contributed by atoms with Crippen molar-refractivity contribution < 1.29 is 4.39 Å². The highest BCUT2D eigenvalue weighted by Crippen LogP contribution is 2.22. The lowest BCUT2D eigenvalue weighted by atomic mass is 10.2. The molecule has 4 nitrogen and oxygen atoms in total. The van der Waals surface area contributed by atoms with Gasteiger partial charge in [-0.2, -0.15) is 0 Å². The van der Waals surface area contributed by atoms with Gasteiger partial charge in [-0.25, -0.2) is 14.4 Å². The van der Waals surface area contributed by atoms with Gasteiger partial charge in [0.05, 0.1) is 5.69 Å². The van der Waals surface area contributed by atoms with E-state index in [0.29, 0.717) is 18.1 Å². The number of rotatable bonds is 5. The summed E-state index contributed by atoms with van der Waals surface area (Å²) in [6.07, 6.45) is 4.27. The van der Waals surface area contributed by atoms with Gasteiger partial charge in [0.1, 0.15) is 0 Å². The zero-order valence-corrected chi connectivity index (χ0v) is 14.7. The second-order valence-electron chi connectivity index (χ2n) is 5.34. The Morgan fingerprint density at radius 1 is 1.12 bits per heavy atom. The van der Waals surface area contributed by atoms with E-state index in [9.17, 15) is 4.39 Å². The molecule has 0 unspecified atom stereocenters. The Balaban J connectivity index is 1.78. The number of nitrogens with one attached hydrogen (secondary N) is 1. The van der Waals surface area contributed by atoms with Gasteiger partial charge < -0.3 is 5.32 Å². The highest BCUT2D eigenvalue weighted by Gasteiger charge is 2.12. The van der Waals surface area contributed by atoms with E-state index in [1.807, 2.05) is 36.4 Å². The molecular weight excluding hydrogens is 371 g/mol. The standard InChI is InChI=1S/C18H16BrFN4/c1-12-16(20)18(22-10-8-13-3-2-9-21-11-13)24-17(23-12)14-4-6-15(19)7-5-14/h2-7,9,11H,8,10H2,1H3,(H,22,23,24). The van der Waals surface area contributed by atoms with Gasteiger partial charge in [-0.1, -0.05) is 34.1 Å². The molecule has 0 spiro atoms. The Morgan fingerprint density at radius 3 is 2.62 bits per heavy atom. The van der Waals surface area contributed by atoms with Gasteiger partial charge in [-0.15, -0.1) is 0 Å². The van der Waals surface area contributed by atoms with Crippen molar-refractivity contribution >= 4 is 21.7 Å². The fourth-order valence-corrected chi connectivity index (χ4v) is 2.54. The van der Waals surface area contributed by atoms with Crippen LogP contribution in [0, 0.1) is 12.7 Å². The Labute approximate surface area is 148 Å². The number of aromatic nitrogens is 3. The van der Waals surface area contributed by atoms with Crippen LogP contribution in [0.5, 0.6) is 0 Å². The maximum atomic E-state index is 14.3. The number of halogens is 2. The number of pyridine rings is 1. The minimum absolute atomic E-state index is 0.226. The van der Waals surface area contributed by atoms with E-state index in [-0.39, 0.29) is 5.82 Å². The molecule has 3 rings (SSSR count). The highest BCUT2D eigenvalue weighted by molar-refractivity contribution is 9.10. The average molecular weight is 387 g/mol. The number of aryl methyl sites for hydroxylation is 1. The molecule has 122 valence electrons. The van der Waals surface area contributed by atoms with Crippen molar-refractivity contribution in [1.82, 2.24) is 15.0 Å². The van der Waals surface area contributed by atoms with Gasteiger partial charge in [0.25, 0.3) is 0 Å². The first kappa shape index (κ1) is 16.5. The Morgan fingerprint density at radius 2 is 1.92 bits per heavy atom. The first-order valence-electron chi connectivity index (χ1n) is 7.56. The van der Waals surface area contributed by atoms with Gasteiger partial charge in [0.15, 0.2) is 17.5 Å². The molecule has 6 heteroatoms. The van der Waals surface area contributed by atoms with Gasteiger partial charge in [-0.3, -0.25) is 4.98 Å². The quantitative estimate of drug-likeness (QED) is 0.705. The summed E-state index contributed by atoms with van der Waals surface area (Å²) in [6, 6.07) is 11.5. The molecule has 0 aliphatic heterocycles. The lowest BCUT2D eigenvalue weighted by molar-refractivity contribution is 0.605. The summed E-state index contributed by atoms with van der Waals surface area (Å²) in [5.41, 5.74) is 2.26. The molecule has 0 saturated carbocycles. The Kier molecular flexibility index (Phi) is 5.15. The molecule has 0 radical (unpaired) electrons. The molecule has 0 aliphatic carbocycles. The molecule has 0 bridgehead atoms. The lowest BCUT2D eigenvalue weighted by Crippen LogP contribution is -2.10. The zero-order chi connectivity index (χ0) is 16.9. The van der Waals surface area contributed by atoms with E-state index in [4.69, 9.17) is 0 Å². The predicted octanol–water partition coefficient (Wildman–Crippen LogP) is 4.40. The van der Waals surface area contributed by atoms with Crippen molar-refractivity contribution in [2.24, 2.45) is 0 Å². The first-order chi connectivity index (χ1) is 11.6. The smallest absolute Gasteiger partial charge is 0.186 e. The van der Waals surface area contributed by atoms with Gasteiger partial charge in [0, 0.05) is 29.0 Å². The van der Waals surface area contributed by atoms with Crippen LogP contribution in [-0.4, -0.2) is 21.5 Å². The van der Waals surface area contributed by atoms with E-state index < -0.39 is 5.82 Å². The van der Waals surface area contributed by atoms with Crippen LogP contribution in [-0.2, 0) is 6.42 Å². The third-order valence-electron chi connectivity index (χ3n) is 3.55. The fraction of sp³-hybridized carbons (Fsp3) is 0.167. The van der Waals surface area contributed by atoms with E-state index in [1.54, 1.807) is 19.3 Å². The molecule has 3 aromatic rings. The molecule has 0 saturated heterocycles. The molecule has 0 amide bonds. The number of hydrogen-bond donors (Lipinski definition) is 1. The normalized spacial score (nSPS) is 10.6. The molecule has 24 heavy (non-hydrogen) atoms. The van der Waals surface area contributed by atoms with E-state index in [0.717, 1.165) is 22.0 Å². The first-order valence-corrected chi connectivity index (χ1v) is 8.35. The molecule has 0 fully saturated rings. The number of hydrogen-bond acceptors (Lipinski definition) is 4. The van der Waals surface area contributed by atoms with E-state index in [1.165, 1.54) is 0 Å². The average Bonchev–Trinajstić information content (AvgIpc) is 2.60. The molecule has 0 atom stereocenters. The van der Waals surface area contributed by atoms with Gasteiger partial charge in [-0.05, 0) is 37.1 Å². The predicted molar refractivity (Wildman–Crippen MR) is 96.3 cm³/mol. The van der Waals surface area contributed by atoms with Crippen LogP contribution in [0.15, 0.2) is 53.3 Å². The van der Waals surface area contributed by atoms with Crippen LogP contribution >= 0.6 is 15.9 Å². The molecular formula is C18H16BrFN4.